The Kier molecular flexibility index (Phi) is 3.48. The zero-order valence-corrected chi connectivity index (χ0v) is 14.5. The predicted octanol–water partition coefficient (Wildman–Crippen LogP) is 4.04. The lowest BCUT2D eigenvalue weighted by Gasteiger charge is -2.14. The number of pyridine rings is 1. The third kappa shape index (κ3) is 2.44. The first kappa shape index (κ1) is 16.2. The van der Waals surface area contributed by atoms with Crippen LogP contribution < -0.4 is 5.73 Å². The summed E-state index contributed by atoms with van der Waals surface area (Å²) in [5, 5.41) is 11.6. The lowest BCUT2D eigenvalue weighted by Crippen LogP contribution is -2.03. The molecule has 28 heavy (non-hydrogen) atoms. The highest BCUT2D eigenvalue weighted by molar-refractivity contribution is 5.93. The molecular weight excluding hydrogens is 357 g/mol. The molecule has 3 N–H and O–H groups in total. The van der Waals surface area contributed by atoms with Crippen LogP contribution in [0.15, 0.2) is 67.1 Å². The van der Waals surface area contributed by atoms with Crippen molar-refractivity contribution >= 4 is 22.2 Å². The van der Waals surface area contributed by atoms with Crippen molar-refractivity contribution in [2.24, 2.45) is 0 Å². The standard InChI is InChI=1S/C21H14FN5O/c22-15-3-1-2-13(10-15)17-18(27-9-8-24-20(27)19(23)26-17)14-5-4-12-6-7-25-21(28)16(12)11-14/h1-11H,(H2,23,26)(H,25,28). The first-order valence-corrected chi connectivity index (χ1v) is 8.58. The highest BCUT2D eigenvalue weighted by Crippen LogP contribution is 2.35. The van der Waals surface area contributed by atoms with E-state index in [0.717, 1.165) is 10.9 Å². The maximum absolute atomic E-state index is 13.9. The zero-order chi connectivity index (χ0) is 19.3. The maximum atomic E-state index is 13.9. The van der Waals surface area contributed by atoms with Crippen LogP contribution in [-0.2, 0) is 0 Å². The van der Waals surface area contributed by atoms with E-state index in [1.165, 1.54) is 12.1 Å². The second-order valence-corrected chi connectivity index (χ2v) is 6.40. The molecule has 0 fully saturated rings. The van der Waals surface area contributed by atoms with E-state index in [1.807, 2.05) is 28.7 Å². The molecule has 0 bridgehead atoms. The Balaban J connectivity index is 1.88. The number of benzene rings is 2. The van der Waals surface area contributed by atoms with Crippen molar-refractivity contribution in [1.29, 1.82) is 0 Å². The van der Waals surface area contributed by atoms with E-state index < -0.39 is 0 Å². The van der Waals surface area contributed by atoms with Gasteiger partial charge in [-0.3, -0.25) is 4.40 Å². The number of rotatable bonds is 2. The van der Waals surface area contributed by atoms with Crippen molar-refractivity contribution in [2.75, 3.05) is 5.73 Å². The molecule has 0 aliphatic carbocycles. The van der Waals surface area contributed by atoms with Crippen molar-refractivity contribution in [1.82, 2.24) is 19.4 Å². The molecule has 0 atom stereocenters. The molecule has 0 amide bonds. The smallest absolute Gasteiger partial charge is 0.218 e. The van der Waals surface area contributed by atoms with E-state index in [-0.39, 0.29) is 17.5 Å². The molecule has 7 heteroatoms. The van der Waals surface area contributed by atoms with Gasteiger partial charge in [0.25, 0.3) is 0 Å². The van der Waals surface area contributed by atoms with Crippen LogP contribution in [0.5, 0.6) is 5.88 Å². The van der Waals surface area contributed by atoms with Gasteiger partial charge in [-0.25, -0.2) is 19.3 Å². The monoisotopic (exact) mass is 371 g/mol. The fourth-order valence-electron chi connectivity index (χ4n) is 3.42. The number of hydrogen-bond acceptors (Lipinski definition) is 5. The maximum Gasteiger partial charge on any atom is 0.218 e. The third-order valence-electron chi connectivity index (χ3n) is 4.68. The summed E-state index contributed by atoms with van der Waals surface area (Å²) in [7, 11) is 0. The van der Waals surface area contributed by atoms with Crippen LogP contribution in [0.1, 0.15) is 0 Å². The van der Waals surface area contributed by atoms with Crippen LogP contribution in [0.2, 0.25) is 0 Å². The molecule has 5 rings (SSSR count). The quantitative estimate of drug-likeness (QED) is 0.489. The first-order chi connectivity index (χ1) is 13.6. The minimum absolute atomic E-state index is 0.0584. The van der Waals surface area contributed by atoms with Gasteiger partial charge in [0.1, 0.15) is 5.82 Å². The molecule has 0 unspecified atom stereocenters. The number of nitrogens with zero attached hydrogens (tertiary/aromatic N) is 4. The third-order valence-corrected chi connectivity index (χ3v) is 4.68. The van der Waals surface area contributed by atoms with Crippen molar-refractivity contribution in [3.8, 4) is 28.4 Å². The van der Waals surface area contributed by atoms with Crippen LogP contribution in [0.4, 0.5) is 10.2 Å². The van der Waals surface area contributed by atoms with Crippen LogP contribution >= 0.6 is 0 Å². The molecular formula is C21H14FN5O. The molecule has 2 aromatic carbocycles. The molecule has 6 nitrogen and oxygen atoms in total. The number of hydrogen-bond donors (Lipinski definition) is 2. The second kappa shape index (κ2) is 6.02. The predicted molar refractivity (Wildman–Crippen MR) is 105 cm³/mol. The molecule has 0 spiro atoms. The van der Waals surface area contributed by atoms with Crippen LogP contribution in [0.25, 0.3) is 38.9 Å². The average Bonchev–Trinajstić information content (AvgIpc) is 3.18. The SMILES string of the molecule is Nc1nc(-c2cccc(F)c2)c(-c2ccc3ccnc(O)c3c2)n2ccnc12. The average molecular weight is 371 g/mol. The van der Waals surface area contributed by atoms with Gasteiger partial charge in [0.2, 0.25) is 5.88 Å². The molecule has 3 heterocycles. The van der Waals surface area contributed by atoms with Gasteiger partial charge in [-0.2, -0.15) is 0 Å². The molecule has 0 aliphatic heterocycles. The molecule has 136 valence electrons. The summed E-state index contributed by atoms with van der Waals surface area (Å²) >= 11 is 0. The molecule has 0 saturated heterocycles. The van der Waals surface area contributed by atoms with E-state index in [9.17, 15) is 9.50 Å². The molecule has 0 saturated carbocycles. The second-order valence-electron chi connectivity index (χ2n) is 6.40. The van der Waals surface area contributed by atoms with Gasteiger partial charge in [0.05, 0.1) is 11.4 Å². The zero-order valence-electron chi connectivity index (χ0n) is 14.5. The number of imidazole rings is 1. The number of aromatic hydroxyl groups is 1. The minimum Gasteiger partial charge on any atom is -0.493 e. The Labute approximate surface area is 158 Å². The summed E-state index contributed by atoms with van der Waals surface area (Å²) in [5.74, 6) is -0.176. The van der Waals surface area contributed by atoms with Crippen molar-refractivity contribution < 1.29 is 9.50 Å². The summed E-state index contributed by atoms with van der Waals surface area (Å²) in [6.07, 6.45) is 4.96. The Morgan fingerprint density at radius 2 is 1.86 bits per heavy atom. The Bertz CT molecular complexity index is 1360. The fraction of sp³-hybridized carbons (Fsp3) is 0. The molecule has 0 aliphatic rings. The number of fused-ring (bicyclic) bond motifs is 2. The number of halogens is 1. The number of anilines is 1. The summed E-state index contributed by atoms with van der Waals surface area (Å²) in [5.41, 5.74) is 9.18. The summed E-state index contributed by atoms with van der Waals surface area (Å²) in [4.78, 5) is 12.7. The summed E-state index contributed by atoms with van der Waals surface area (Å²) in [6, 6.07) is 13.6. The highest BCUT2D eigenvalue weighted by Gasteiger charge is 2.18. The van der Waals surface area contributed by atoms with Gasteiger partial charge in [0, 0.05) is 35.1 Å². The van der Waals surface area contributed by atoms with E-state index in [2.05, 4.69) is 15.0 Å². The van der Waals surface area contributed by atoms with Crippen molar-refractivity contribution in [3.05, 3.63) is 72.9 Å². The summed E-state index contributed by atoms with van der Waals surface area (Å²) in [6.45, 7) is 0. The minimum atomic E-state index is -0.366. The van der Waals surface area contributed by atoms with E-state index >= 15 is 0 Å². The molecule has 5 aromatic rings. The molecule has 0 radical (unpaired) electrons. The Morgan fingerprint density at radius 1 is 0.964 bits per heavy atom. The lowest BCUT2D eigenvalue weighted by atomic mass is 10.0. The largest absolute Gasteiger partial charge is 0.493 e. The van der Waals surface area contributed by atoms with Crippen molar-refractivity contribution in [3.63, 3.8) is 0 Å². The number of aromatic nitrogens is 4. The molecule has 3 aromatic heterocycles. The van der Waals surface area contributed by atoms with Gasteiger partial charge in [-0.05, 0) is 29.7 Å². The Morgan fingerprint density at radius 3 is 2.71 bits per heavy atom. The Hall–Kier alpha value is -4.00. The lowest BCUT2D eigenvalue weighted by molar-refractivity contribution is 0.460. The van der Waals surface area contributed by atoms with Crippen LogP contribution in [0.3, 0.4) is 0 Å². The topological polar surface area (TPSA) is 89.3 Å². The number of nitrogen functional groups attached to an aromatic ring is 1. The number of nitrogens with two attached hydrogens (primary N) is 1. The van der Waals surface area contributed by atoms with Crippen LogP contribution in [0, 0.1) is 5.82 Å². The van der Waals surface area contributed by atoms with Gasteiger partial charge < -0.3 is 10.8 Å². The van der Waals surface area contributed by atoms with Gasteiger partial charge in [-0.1, -0.05) is 24.3 Å². The van der Waals surface area contributed by atoms with Gasteiger partial charge in [-0.15, -0.1) is 0 Å². The van der Waals surface area contributed by atoms with E-state index in [4.69, 9.17) is 5.73 Å². The van der Waals surface area contributed by atoms with Crippen molar-refractivity contribution in [2.45, 2.75) is 0 Å². The normalized spacial score (nSPS) is 11.3. The summed E-state index contributed by atoms with van der Waals surface area (Å²) < 4.78 is 15.7. The highest BCUT2D eigenvalue weighted by atomic mass is 19.1. The fourth-order valence-corrected chi connectivity index (χ4v) is 3.42. The first-order valence-electron chi connectivity index (χ1n) is 8.58. The van der Waals surface area contributed by atoms with Crippen LogP contribution in [-0.4, -0.2) is 24.5 Å². The van der Waals surface area contributed by atoms with Gasteiger partial charge >= 0.3 is 0 Å². The van der Waals surface area contributed by atoms with E-state index in [1.54, 1.807) is 30.7 Å². The van der Waals surface area contributed by atoms with Gasteiger partial charge in [0.15, 0.2) is 11.5 Å². The van der Waals surface area contributed by atoms with E-state index in [0.29, 0.717) is 28.0 Å².